The third-order valence-electron chi connectivity index (χ3n) is 6.19. The number of benzene rings is 3. The number of amides is 2. The van der Waals surface area contributed by atoms with Gasteiger partial charge in [-0.3, -0.25) is 13.9 Å². The van der Waals surface area contributed by atoms with Crippen LogP contribution in [0.3, 0.4) is 0 Å². The molecule has 0 aliphatic rings. The summed E-state index contributed by atoms with van der Waals surface area (Å²) in [5.41, 5.74) is 3.96. The lowest BCUT2D eigenvalue weighted by molar-refractivity contribution is -0.140. The number of nitrogens with zero attached hydrogens (tertiary/aromatic N) is 2. The lowest BCUT2D eigenvalue weighted by Gasteiger charge is -2.33. The molecule has 0 aromatic heterocycles. The minimum absolute atomic E-state index is 0.168. The van der Waals surface area contributed by atoms with Gasteiger partial charge < -0.3 is 10.2 Å². The Kier molecular flexibility index (Phi) is 10.1. The Morgan fingerprint density at radius 3 is 1.95 bits per heavy atom. The van der Waals surface area contributed by atoms with Gasteiger partial charge >= 0.3 is 0 Å². The minimum Gasteiger partial charge on any atom is -0.354 e. The van der Waals surface area contributed by atoms with E-state index < -0.39 is 28.5 Å². The van der Waals surface area contributed by atoms with E-state index in [4.69, 9.17) is 0 Å². The molecule has 0 unspecified atom stereocenters. The molecule has 0 radical (unpaired) electrons. The third kappa shape index (κ3) is 8.18. The maximum Gasteiger partial charge on any atom is 0.244 e. The summed E-state index contributed by atoms with van der Waals surface area (Å²) in [7, 11) is -3.79. The summed E-state index contributed by atoms with van der Waals surface area (Å²) in [6.45, 7) is 5.97. The van der Waals surface area contributed by atoms with Crippen LogP contribution >= 0.6 is 0 Å². The van der Waals surface area contributed by atoms with Crippen molar-refractivity contribution in [2.75, 3.05) is 23.7 Å². The molecular weight excluding hydrogens is 498 g/mol. The zero-order valence-electron chi connectivity index (χ0n) is 22.6. The van der Waals surface area contributed by atoms with E-state index in [1.54, 1.807) is 12.1 Å². The van der Waals surface area contributed by atoms with Crippen LogP contribution in [0.15, 0.2) is 78.9 Å². The van der Waals surface area contributed by atoms with Gasteiger partial charge in [0.1, 0.15) is 12.6 Å². The number of aryl methyl sites for hydroxylation is 2. The Balaban J connectivity index is 2.04. The monoisotopic (exact) mass is 535 g/mol. The number of carbonyl (C=O) groups is 2. The number of anilines is 1. The number of hydrogen-bond donors (Lipinski definition) is 1. The molecule has 3 aromatic rings. The molecule has 1 N–H and O–H groups in total. The van der Waals surface area contributed by atoms with E-state index in [0.717, 1.165) is 39.2 Å². The second kappa shape index (κ2) is 13.2. The summed E-state index contributed by atoms with van der Waals surface area (Å²) in [6, 6.07) is 23.6. The van der Waals surface area contributed by atoms with Crippen LogP contribution in [0.25, 0.3) is 0 Å². The quantitative estimate of drug-likeness (QED) is 0.376. The highest BCUT2D eigenvalue weighted by Crippen LogP contribution is 2.23. The molecule has 0 aliphatic carbocycles. The van der Waals surface area contributed by atoms with Crippen molar-refractivity contribution in [3.05, 3.63) is 101 Å². The Morgan fingerprint density at radius 2 is 1.42 bits per heavy atom. The van der Waals surface area contributed by atoms with E-state index in [1.807, 2.05) is 87.5 Å². The average Bonchev–Trinajstić information content (AvgIpc) is 2.87. The molecular formula is C30H37N3O4S. The Hall–Kier alpha value is -3.65. The summed E-state index contributed by atoms with van der Waals surface area (Å²) < 4.78 is 26.9. The first-order chi connectivity index (χ1) is 18.1. The number of nitrogens with one attached hydrogen (secondary N) is 1. The lowest BCUT2D eigenvalue weighted by atomic mass is 10.0. The van der Waals surface area contributed by atoms with Crippen molar-refractivity contribution < 1.29 is 18.0 Å². The Bertz CT molecular complexity index is 1310. The topological polar surface area (TPSA) is 86.8 Å². The van der Waals surface area contributed by atoms with Crippen molar-refractivity contribution in [3.8, 4) is 0 Å². The summed E-state index contributed by atoms with van der Waals surface area (Å²) in [4.78, 5) is 29.0. The number of sulfonamides is 1. The summed E-state index contributed by atoms with van der Waals surface area (Å²) in [5.74, 6) is -0.719. The molecule has 7 nitrogen and oxygen atoms in total. The Labute approximate surface area is 226 Å². The highest BCUT2D eigenvalue weighted by atomic mass is 32.2. The maximum atomic E-state index is 14.0. The van der Waals surface area contributed by atoms with Crippen molar-refractivity contribution in [1.82, 2.24) is 10.2 Å². The third-order valence-corrected chi connectivity index (χ3v) is 7.33. The predicted molar refractivity (Wildman–Crippen MR) is 152 cm³/mol. The molecule has 38 heavy (non-hydrogen) atoms. The molecule has 0 heterocycles. The fraction of sp³-hybridized carbons (Fsp3) is 0.333. The molecule has 202 valence electrons. The van der Waals surface area contributed by atoms with Gasteiger partial charge in [0, 0.05) is 19.5 Å². The second-order valence-electron chi connectivity index (χ2n) is 9.62. The minimum atomic E-state index is -3.79. The zero-order valence-corrected chi connectivity index (χ0v) is 23.4. The molecule has 0 saturated carbocycles. The van der Waals surface area contributed by atoms with Crippen molar-refractivity contribution in [1.29, 1.82) is 0 Å². The van der Waals surface area contributed by atoms with E-state index in [1.165, 1.54) is 4.90 Å². The molecule has 0 spiro atoms. The number of carbonyl (C=O) groups excluding carboxylic acids is 2. The molecule has 0 aliphatic heterocycles. The van der Waals surface area contributed by atoms with E-state index >= 15 is 0 Å². The maximum absolute atomic E-state index is 14.0. The fourth-order valence-corrected chi connectivity index (χ4v) is 5.24. The van der Waals surface area contributed by atoms with Gasteiger partial charge in [-0.2, -0.15) is 0 Å². The Morgan fingerprint density at radius 1 is 0.868 bits per heavy atom. The molecule has 0 saturated heterocycles. The van der Waals surface area contributed by atoms with Crippen molar-refractivity contribution in [3.63, 3.8) is 0 Å². The van der Waals surface area contributed by atoms with Crippen LogP contribution in [0.5, 0.6) is 0 Å². The first-order valence-corrected chi connectivity index (χ1v) is 14.6. The zero-order chi connectivity index (χ0) is 27.7. The van der Waals surface area contributed by atoms with Crippen LogP contribution in [-0.2, 0) is 32.6 Å². The van der Waals surface area contributed by atoms with Gasteiger partial charge in [-0.1, -0.05) is 73.7 Å². The van der Waals surface area contributed by atoms with Crippen LogP contribution in [0, 0.1) is 13.8 Å². The summed E-state index contributed by atoms with van der Waals surface area (Å²) in [6.07, 6.45) is 2.15. The molecule has 1 atom stereocenters. The van der Waals surface area contributed by atoms with Crippen LogP contribution in [0.4, 0.5) is 5.69 Å². The van der Waals surface area contributed by atoms with Crippen molar-refractivity contribution in [2.45, 2.75) is 46.2 Å². The molecule has 3 aromatic carbocycles. The van der Waals surface area contributed by atoms with Crippen molar-refractivity contribution in [2.24, 2.45) is 0 Å². The lowest BCUT2D eigenvalue weighted by Crippen LogP contribution is -2.53. The van der Waals surface area contributed by atoms with Crippen LogP contribution < -0.4 is 9.62 Å². The normalized spacial score (nSPS) is 12.0. The van der Waals surface area contributed by atoms with Gasteiger partial charge in [0.25, 0.3) is 0 Å². The van der Waals surface area contributed by atoms with Gasteiger partial charge in [0.2, 0.25) is 21.8 Å². The van der Waals surface area contributed by atoms with E-state index in [0.29, 0.717) is 18.7 Å². The first kappa shape index (κ1) is 28.9. The molecule has 0 bridgehead atoms. The van der Waals surface area contributed by atoms with Gasteiger partial charge in [-0.15, -0.1) is 0 Å². The van der Waals surface area contributed by atoms with Crippen LogP contribution in [-0.4, -0.2) is 50.5 Å². The average molecular weight is 536 g/mol. The molecule has 2 amide bonds. The highest BCUT2D eigenvalue weighted by Gasteiger charge is 2.33. The van der Waals surface area contributed by atoms with Crippen molar-refractivity contribution >= 4 is 27.5 Å². The van der Waals surface area contributed by atoms with Crippen LogP contribution in [0.1, 0.15) is 35.6 Å². The summed E-state index contributed by atoms with van der Waals surface area (Å²) in [5, 5.41) is 2.94. The van der Waals surface area contributed by atoms with Gasteiger partial charge in [0.05, 0.1) is 11.9 Å². The smallest absolute Gasteiger partial charge is 0.244 e. The molecule has 3 rings (SSSR count). The first-order valence-electron chi connectivity index (χ1n) is 12.8. The van der Waals surface area contributed by atoms with Crippen LogP contribution in [0.2, 0.25) is 0 Å². The largest absolute Gasteiger partial charge is 0.354 e. The second-order valence-corrected chi connectivity index (χ2v) is 11.5. The van der Waals surface area contributed by atoms with E-state index in [-0.39, 0.29) is 12.5 Å². The van der Waals surface area contributed by atoms with Gasteiger partial charge in [0.15, 0.2) is 0 Å². The SMILES string of the molecule is CCCNC(=O)[C@H](Cc1ccccc1)N(Cc1ccccc1)C(=O)CN(c1cc(C)cc(C)c1)S(C)(=O)=O. The standard InChI is InChI=1S/C30H37N3O4S/c1-5-16-31-30(35)28(20-25-12-8-6-9-13-25)32(21-26-14-10-7-11-15-26)29(34)22-33(38(4,36)37)27-18-23(2)17-24(3)19-27/h6-15,17-19,28H,5,16,20-22H2,1-4H3,(H,31,35)/t28-/m0/s1. The molecule has 0 fully saturated rings. The fourth-order valence-electron chi connectivity index (χ4n) is 4.41. The molecule has 8 heteroatoms. The van der Waals surface area contributed by atoms with Gasteiger partial charge in [-0.25, -0.2) is 8.42 Å². The van der Waals surface area contributed by atoms with E-state index in [9.17, 15) is 18.0 Å². The van der Waals surface area contributed by atoms with E-state index in [2.05, 4.69) is 5.32 Å². The van der Waals surface area contributed by atoms with Gasteiger partial charge in [-0.05, 0) is 54.7 Å². The summed E-state index contributed by atoms with van der Waals surface area (Å²) >= 11 is 0. The highest BCUT2D eigenvalue weighted by molar-refractivity contribution is 7.92. The predicted octanol–water partition coefficient (Wildman–Crippen LogP) is 4.24. The number of rotatable bonds is 12. The number of hydrogen-bond acceptors (Lipinski definition) is 4.